The van der Waals surface area contributed by atoms with Crippen LogP contribution in [-0.4, -0.2) is 40.7 Å². The number of aromatic amines is 1. The van der Waals surface area contributed by atoms with Crippen molar-refractivity contribution in [2.24, 2.45) is 0 Å². The highest BCUT2D eigenvalue weighted by Gasteiger charge is 2.25. The molecule has 2 amide bonds. The Kier molecular flexibility index (Phi) is 3.87. The van der Waals surface area contributed by atoms with Crippen LogP contribution in [-0.2, 0) is 17.7 Å². The van der Waals surface area contributed by atoms with Gasteiger partial charge in [-0.3, -0.25) is 5.32 Å². The third-order valence-electron chi connectivity index (χ3n) is 4.55. The molecule has 0 atom stereocenters. The molecule has 1 aromatic carbocycles. The van der Waals surface area contributed by atoms with Gasteiger partial charge in [-0.2, -0.15) is 0 Å². The largest absolute Gasteiger partial charge is 0.465 e. The van der Waals surface area contributed by atoms with Gasteiger partial charge in [-0.05, 0) is 25.1 Å². The fourth-order valence-electron chi connectivity index (χ4n) is 3.25. The molecule has 4 rings (SSSR count). The molecule has 0 spiro atoms. The lowest BCUT2D eigenvalue weighted by Crippen LogP contribution is -2.38. The van der Waals surface area contributed by atoms with Crippen molar-refractivity contribution in [3.05, 3.63) is 46.8 Å². The molecule has 0 radical (unpaired) electrons. The third-order valence-corrected chi connectivity index (χ3v) is 4.55. The number of ether oxygens (including phenoxy) is 1. The SMILES string of the molecule is COC(=O)c1ccc2[nH]c3c(c2c1)CN(C(=O)Nc1cc(C)on1)CC3. The minimum Gasteiger partial charge on any atom is -0.465 e. The van der Waals surface area contributed by atoms with Crippen molar-refractivity contribution in [3.8, 4) is 0 Å². The van der Waals surface area contributed by atoms with E-state index in [1.54, 1.807) is 30.0 Å². The molecule has 3 heterocycles. The maximum absolute atomic E-state index is 12.5. The molecule has 1 aliphatic heterocycles. The van der Waals surface area contributed by atoms with Crippen LogP contribution in [0.15, 0.2) is 28.8 Å². The number of carbonyl (C=O) groups is 2. The Morgan fingerprint density at radius 3 is 2.92 bits per heavy atom. The first-order valence-corrected chi connectivity index (χ1v) is 8.26. The summed E-state index contributed by atoms with van der Waals surface area (Å²) in [5.41, 5.74) is 3.53. The number of hydrogen-bond donors (Lipinski definition) is 2. The highest BCUT2D eigenvalue weighted by Crippen LogP contribution is 2.29. The fourth-order valence-corrected chi connectivity index (χ4v) is 3.25. The van der Waals surface area contributed by atoms with Crippen molar-refractivity contribution in [3.63, 3.8) is 0 Å². The molecule has 0 saturated heterocycles. The molecule has 3 aromatic rings. The minimum atomic E-state index is -0.381. The van der Waals surface area contributed by atoms with Gasteiger partial charge in [-0.1, -0.05) is 5.16 Å². The molecule has 0 aliphatic carbocycles. The normalized spacial score (nSPS) is 13.5. The maximum Gasteiger partial charge on any atom is 0.337 e. The van der Waals surface area contributed by atoms with E-state index in [1.165, 1.54) is 7.11 Å². The number of fused-ring (bicyclic) bond motifs is 3. The van der Waals surface area contributed by atoms with E-state index in [1.807, 2.05) is 6.07 Å². The predicted octanol–water partition coefficient (Wildman–Crippen LogP) is 2.84. The lowest BCUT2D eigenvalue weighted by molar-refractivity contribution is 0.0601. The molecular formula is C18H18N4O4. The van der Waals surface area contributed by atoms with Crippen molar-refractivity contribution >= 4 is 28.7 Å². The number of aryl methyl sites for hydroxylation is 1. The number of aromatic nitrogens is 2. The predicted molar refractivity (Wildman–Crippen MR) is 94.0 cm³/mol. The van der Waals surface area contributed by atoms with Gasteiger partial charge in [-0.25, -0.2) is 9.59 Å². The molecule has 8 heteroatoms. The number of amides is 2. The summed E-state index contributed by atoms with van der Waals surface area (Å²) in [6, 6.07) is 6.83. The van der Waals surface area contributed by atoms with Crippen molar-refractivity contribution in [2.45, 2.75) is 19.9 Å². The van der Waals surface area contributed by atoms with E-state index in [0.717, 1.165) is 22.2 Å². The Bertz CT molecular complexity index is 1000. The number of nitrogens with zero attached hydrogens (tertiary/aromatic N) is 2. The van der Waals surface area contributed by atoms with Gasteiger partial charge in [0.05, 0.1) is 12.7 Å². The van der Waals surface area contributed by atoms with Gasteiger partial charge in [0.1, 0.15) is 5.76 Å². The highest BCUT2D eigenvalue weighted by molar-refractivity contribution is 5.96. The standard InChI is InChI=1S/C18H18N4O4/c1-10-7-16(21-26-10)20-18(24)22-6-5-15-13(9-22)12-8-11(17(23)25-2)3-4-14(12)19-15/h3-4,7-8,19H,5-6,9H2,1-2H3,(H,20,21,24). The summed E-state index contributed by atoms with van der Waals surface area (Å²) in [4.78, 5) is 29.4. The van der Waals surface area contributed by atoms with E-state index in [9.17, 15) is 9.59 Å². The Morgan fingerprint density at radius 2 is 2.19 bits per heavy atom. The zero-order chi connectivity index (χ0) is 18.3. The van der Waals surface area contributed by atoms with Gasteiger partial charge in [0.2, 0.25) is 0 Å². The Labute approximate surface area is 149 Å². The van der Waals surface area contributed by atoms with E-state index < -0.39 is 0 Å². The minimum absolute atomic E-state index is 0.234. The topological polar surface area (TPSA) is 100 Å². The first kappa shape index (κ1) is 16.2. The van der Waals surface area contributed by atoms with Crippen LogP contribution in [0.1, 0.15) is 27.4 Å². The number of H-pyrrole nitrogens is 1. The van der Waals surface area contributed by atoms with Crippen LogP contribution in [0.25, 0.3) is 10.9 Å². The van der Waals surface area contributed by atoms with Crippen molar-refractivity contribution in [1.82, 2.24) is 15.0 Å². The Balaban J connectivity index is 1.60. The zero-order valence-electron chi connectivity index (χ0n) is 14.5. The fraction of sp³-hybridized carbons (Fsp3) is 0.278. The number of urea groups is 1. The van der Waals surface area contributed by atoms with Crippen LogP contribution in [0.5, 0.6) is 0 Å². The van der Waals surface area contributed by atoms with Crippen LogP contribution < -0.4 is 5.32 Å². The van der Waals surface area contributed by atoms with Crippen LogP contribution in [0.2, 0.25) is 0 Å². The van der Waals surface area contributed by atoms with Crippen LogP contribution in [0.3, 0.4) is 0 Å². The average Bonchev–Trinajstić information content (AvgIpc) is 3.22. The Morgan fingerprint density at radius 1 is 1.35 bits per heavy atom. The van der Waals surface area contributed by atoms with E-state index >= 15 is 0 Å². The maximum atomic E-state index is 12.5. The second-order valence-electron chi connectivity index (χ2n) is 6.26. The first-order chi connectivity index (χ1) is 12.5. The molecule has 8 nitrogen and oxygen atoms in total. The molecule has 0 unspecified atom stereocenters. The molecule has 26 heavy (non-hydrogen) atoms. The van der Waals surface area contributed by atoms with Gasteiger partial charge in [0.25, 0.3) is 0 Å². The molecule has 134 valence electrons. The summed E-state index contributed by atoms with van der Waals surface area (Å²) >= 11 is 0. The molecule has 0 fully saturated rings. The first-order valence-electron chi connectivity index (χ1n) is 8.26. The number of methoxy groups -OCH3 is 1. The van der Waals surface area contributed by atoms with Crippen molar-refractivity contribution < 1.29 is 18.8 Å². The molecule has 2 aromatic heterocycles. The summed E-state index contributed by atoms with van der Waals surface area (Å²) in [6.45, 7) is 2.80. The van der Waals surface area contributed by atoms with Crippen LogP contribution in [0, 0.1) is 6.92 Å². The number of anilines is 1. The quantitative estimate of drug-likeness (QED) is 0.689. The second-order valence-corrected chi connectivity index (χ2v) is 6.26. The average molecular weight is 354 g/mol. The Hall–Kier alpha value is -3.29. The number of benzene rings is 1. The highest BCUT2D eigenvalue weighted by atomic mass is 16.5. The number of esters is 1. The monoisotopic (exact) mass is 354 g/mol. The molecule has 1 aliphatic rings. The van der Waals surface area contributed by atoms with E-state index in [0.29, 0.717) is 36.7 Å². The van der Waals surface area contributed by atoms with Gasteiger partial charge < -0.3 is 19.1 Å². The smallest absolute Gasteiger partial charge is 0.337 e. The van der Waals surface area contributed by atoms with Crippen molar-refractivity contribution in [2.75, 3.05) is 19.0 Å². The zero-order valence-corrected chi connectivity index (χ0v) is 14.5. The van der Waals surface area contributed by atoms with Crippen molar-refractivity contribution in [1.29, 1.82) is 0 Å². The number of rotatable bonds is 2. The van der Waals surface area contributed by atoms with E-state index in [-0.39, 0.29) is 12.0 Å². The molecule has 2 N–H and O–H groups in total. The summed E-state index contributed by atoms with van der Waals surface area (Å²) in [5.74, 6) is 0.645. The molecular weight excluding hydrogens is 336 g/mol. The molecule has 0 saturated carbocycles. The van der Waals surface area contributed by atoms with Gasteiger partial charge in [0.15, 0.2) is 5.82 Å². The summed E-state index contributed by atoms with van der Waals surface area (Å²) in [6.07, 6.45) is 0.711. The number of hydrogen-bond acceptors (Lipinski definition) is 5. The van der Waals surface area contributed by atoms with Gasteiger partial charge in [-0.15, -0.1) is 0 Å². The third kappa shape index (κ3) is 2.79. The second kappa shape index (κ2) is 6.21. The number of carbonyl (C=O) groups excluding carboxylic acids is 2. The summed E-state index contributed by atoms with van der Waals surface area (Å²) in [7, 11) is 1.36. The van der Waals surface area contributed by atoms with E-state index in [4.69, 9.17) is 9.26 Å². The summed E-state index contributed by atoms with van der Waals surface area (Å²) in [5, 5.41) is 7.45. The van der Waals surface area contributed by atoms with Gasteiger partial charge >= 0.3 is 12.0 Å². The number of nitrogens with one attached hydrogen (secondary N) is 2. The van der Waals surface area contributed by atoms with Crippen LogP contribution >= 0.6 is 0 Å². The summed E-state index contributed by atoms with van der Waals surface area (Å²) < 4.78 is 9.76. The lowest BCUT2D eigenvalue weighted by Gasteiger charge is -2.27. The van der Waals surface area contributed by atoms with E-state index in [2.05, 4.69) is 15.5 Å². The molecule has 0 bridgehead atoms. The lowest BCUT2D eigenvalue weighted by atomic mass is 10.0. The van der Waals surface area contributed by atoms with Gasteiger partial charge in [0, 0.05) is 47.7 Å². The van der Waals surface area contributed by atoms with Crippen LogP contribution in [0.4, 0.5) is 10.6 Å².